The second-order valence-corrected chi connectivity index (χ2v) is 16.9. The summed E-state index contributed by atoms with van der Waals surface area (Å²) in [4.78, 5) is 26.0. The van der Waals surface area contributed by atoms with Crippen molar-refractivity contribution in [2.75, 3.05) is 6.61 Å². The lowest BCUT2D eigenvalue weighted by molar-refractivity contribution is -0.151. The molecule has 0 aromatic rings. The van der Waals surface area contributed by atoms with Gasteiger partial charge in [0.2, 0.25) is 5.91 Å². The van der Waals surface area contributed by atoms with Crippen molar-refractivity contribution >= 4 is 11.9 Å². The van der Waals surface area contributed by atoms with Crippen LogP contribution in [0.5, 0.6) is 0 Å². The van der Waals surface area contributed by atoms with Crippen LogP contribution in [0, 0.1) is 0 Å². The molecule has 1 amide bonds. The molecule has 6 heteroatoms. The molecule has 3 atom stereocenters. The van der Waals surface area contributed by atoms with Crippen molar-refractivity contribution < 1.29 is 24.5 Å². The standard InChI is InChI=1S/C50H95NO5/c1-4-7-10-13-16-19-21-23-24-25-26-27-30-33-36-39-42-48(53)47(45-52)51-49(54)44-46(41-38-35-32-29-18-15-12-9-6-3)56-50(55)43-40-37-34-31-28-22-20-17-14-11-8-5-2/h15,17-18,20,46-48,52-53H,4-14,16,19,21-45H2,1-3H3,(H,51,54)/b18-15-,20-17-. The van der Waals surface area contributed by atoms with Gasteiger partial charge in [-0.25, -0.2) is 0 Å². The first kappa shape index (κ1) is 54.3. The van der Waals surface area contributed by atoms with Gasteiger partial charge in [-0.1, -0.05) is 199 Å². The molecule has 0 aliphatic rings. The highest BCUT2D eigenvalue weighted by atomic mass is 16.5. The highest BCUT2D eigenvalue weighted by Crippen LogP contribution is 2.17. The van der Waals surface area contributed by atoms with Crippen LogP contribution < -0.4 is 5.32 Å². The molecular formula is C50H95NO5. The monoisotopic (exact) mass is 790 g/mol. The van der Waals surface area contributed by atoms with E-state index in [4.69, 9.17) is 4.74 Å². The third kappa shape index (κ3) is 39.2. The predicted octanol–water partition coefficient (Wildman–Crippen LogP) is 14.3. The zero-order chi connectivity index (χ0) is 41.0. The minimum atomic E-state index is -0.788. The number of ether oxygens (including phenoxy) is 1. The fourth-order valence-electron chi connectivity index (χ4n) is 7.46. The molecule has 330 valence electrons. The summed E-state index contributed by atoms with van der Waals surface area (Å²) < 4.78 is 5.88. The van der Waals surface area contributed by atoms with E-state index in [1.165, 1.54) is 141 Å². The molecule has 0 rings (SSSR count). The number of hydrogen-bond acceptors (Lipinski definition) is 5. The van der Waals surface area contributed by atoms with Crippen molar-refractivity contribution in [1.82, 2.24) is 5.32 Å². The number of allylic oxidation sites excluding steroid dienone is 4. The molecule has 0 aliphatic carbocycles. The van der Waals surface area contributed by atoms with Crippen LogP contribution in [-0.4, -0.2) is 46.9 Å². The van der Waals surface area contributed by atoms with E-state index in [-0.39, 0.29) is 24.9 Å². The van der Waals surface area contributed by atoms with Gasteiger partial charge in [-0.05, 0) is 70.6 Å². The van der Waals surface area contributed by atoms with Crippen LogP contribution in [0.4, 0.5) is 0 Å². The van der Waals surface area contributed by atoms with E-state index in [9.17, 15) is 19.8 Å². The number of esters is 1. The van der Waals surface area contributed by atoms with Gasteiger partial charge in [-0.2, -0.15) is 0 Å². The van der Waals surface area contributed by atoms with E-state index >= 15 is 0 Å². The summed E-state index contributed by atoms with van der Waals surface area (Å²) in [6.07, 6.45) is 49.6. The molecule has 0 heterocycles. The van der Waals surface area contributed by atoms with Crippen molar-refractivity contribution in [3.63, 3.8) is 0 Å². The first-order valence-corrected chi connectivity index (χ1v) is 24.6. The van der Waals surface area contributed by atoms with Gasteiger partial charge in [0, 0.05) is 6.42 Å². The molecule has 0 spiro atoms. The number of rotatable bonds is 44. The van der Waals surface area contributed by atoms with Gasteiger partial charge in [0.05, 0.1) is 25.2 Å². The Morgan fingerprint density at radius 3 is 1.38 bits per heavy atom. The van der Waals surface area contributed by atoms with Crippen LogP contribution >= 0.6 is 0 Å². The topological polar surface area (TPSA) is 95.9 Å². The lowest BCUT2D eigenvalue weighted by Gasteiger charge is -2.24. The summed E-state index contributed by atoms with van der Waals surface area (Å²) >= 11 is 0. The van der Waals surface area contributed by atoms with Crippen molar-refractivity contribution in [1.29, 1.82) is 0 Å². The van der Waals surface area contributed by atoms with Crippen molar-refractivity contribution in [3.8, 4) is 0 Å². The molecule has 0 fully saturated rings. The molecule has 0 radical (unpaired) electrons. The number of carbonyl (C=O) groups excluding carboxylic acids is 2. The van der Waals surface area contributed by atoms with Gasteiger partial charge in [0.25, 0.3) is 0 Å². The van der Waals surface area contributed by atoms with Gasteiger partial charge in [0.1, 0.15) is 6.10 Å². The zero-order valence-corrected chi connectivity index (χ0v) is 37.5. The first-order chi connectivity index (χ1) is 27.5. The second-order valence-electron chi connectivity index (χ2n) is 16.9. The lowest BCUT2D eigenvalue weighted by atomic mass is 10.0. The highest BCUT2D eigenvalue weighted by molar-refractivity contribution is 5.77. The molecule has 0 aromatic heterocycles. The van der Waals surface area contributed by atoms with Gasteiger partial charge in [0.15, 0.2) is 0 Å². The molecule has 3 unspecified atom stereocenters. The third-order valence-electron chi connectivity index (χ3n) is 11.3. The minimum absolute atomic E-state index is 0.0664. The van der Waals surface area contributed by atoms with Gasteiger partial charge in [-0.15, -0.1) is 0 Å². The quantitative estimate of drug-likeness (QED) is 0.0324. The molecule has 6 nitrogen and oxygen atoms in total. The highest BCUT2D eigenvalue weighted by Gasteiger charge is 2.24. The van der Waals surface area contributed by atoms with Crippen LogP contribution in [0.2, 0.25) is 0 Å². The van der Waals surface area contributed by atoms with E-state index in [1.807, 2.05) is 0 Å². The Morgan fingerprint density at radius 2 is 0.875 bits per heavy atom. The first-order valence-electron chi connectivity index (χ1n) is 24.6. The van der Waals surface area contributed by atoms with Crippen LogP contribution in [0.15, 0.2) is 24.3 Å². The Kier molecular flexibility index (Phi) is 43.1. The van der Waals surface area contributed by atoms with Crippen LogP contribution in [-0.2, 0) is 14.3 Å². The number of aliphatic hydroxyl groups is 2. The summed E-state index contributed by atoms with van der Waals surface area (Å²) in [6.45, 7) is 6.42. The molecular weight excluding hydrogens is 695 g/mol. The Labute approximate surface area is 348 Å². The molecule has 0 saturated heterocycles. The lowest BCUT2D eigenvalue weighted by Crippen LogP contribution is -2.46. The molecule has 0 saturated carbocycles. The summed E-state index contributed by atoms with van der Waals surface area (Å²) in [6, 6.07) is -0.703. The Hall–Kier alpha value is -1.66. The average Bonchev–Trinajstić information content (AvgIpc) is 3.19. The summed E-state index contributed by atoms with van der Waals surface area (Å²) in [5.74, 6) is -0.495. The molecule has 0 aromatic carbocycles. The minimum Gasteiger partial charge on any atom is -0.462 e. The Morgan fingerprint density at radius 1 is 0.500 bits per heavy atom. The average molecular weight is 790 g/mol. The van der Waals surface area contributed by atoms with Gasteiger partial charge in [-0.3, -0.25) is 9.59 Å². The number of hydrogen-bond donors (Lipinski definition) is 3. The van der Waals surface area contributed by atoms with Crippen molar-refractivity contribution in [3.05, 3.63) is 24.3 Å². The molecule has 0 bridgehead atoms. The van der Waals surface area contributed by atoms with E-state index in [0.29, 0.717) is 19.3 Å². The zero-order valence-electron chi connectivity index (χ0n) is 37.5. The number of carbonyl (C=O) groups is 2. The van der Waals surface area contributed by atoms with Crippen molar-refractivity contribution in [2.24, 2.45) is 0 Å². The number of amides is 1. The molecule has 3 N–H and O–H groups in total. The number of nitrogens with one attached hydrogen (secondary N) is 1. The summed E-state index contributed by atoms with van der Waals surface area (Å²) in [5.41, 5.74) is 0. The largest absolute Gasteiger partial charge is 0.462 e. The van der Waals surface area contributed by atoms with Crippen molar-refractivity contribution in [2.45, 2.75) is 277 Å². The summed E-state index contributed by atoms with van der Waals surface area (Å²) in [5, 5.41) is 23.7. The van der Waals surface area contributed by atoms with Crippen LogP contribution in [0.25, 0.3) is 0 Å². The second kappa shape index (κ2) is 44.4. The van der Waals surface area contributed by atoms with E-state index in [0.717, 1.165) is 70.6 Å². The number of aliphatic hydroxyl groups excluding tert-OH is 2. The third-order valence-corrected chi connectivity index (χ3v) is 11.3. The van der Waals surface area contributed by atoms with E-state index in [1.54, 1.807) is 0 Å². The van der Waals surface area contributed by atoms with Gasteiger partial charge < -0.3 is 20.3 Å². The maximum Gasteiger partial charge on any atom is 0.306 e. The fraction of sp³-hybridized carbons (Fsp3) is 0.880. The maximum atomic E-state index is 13.1. The fourth-order valence-corrected chi connectivity index (χ4v) is 7.46. The summed E-state index contributed by atoms with van der Waals surface area (Å²) in [7, 11) is 0. The smallest absolute Gasteiger partial charge is 0.306 e. The maximum absolute atomic E-state index is 13.1. The predicted molar refractivity (Wildman–Crippen MR) is 241 cm³/mol. The van der Waals surface area contributed by atoms with Crippen LogP contribution in [0.1, 0.15) is 258 Å². The normalized spacial score (nSPS) is 13.4. The Bertz CT molecular complexity index is 889. The van der Waals surface area contributed by atoms with Crippen LogP contribution in [0.3, 0.4) is 0 Å². The Balaban J connectivity index is 4.45. The van der Waals surface area contributed by atoms with Gasteiger partial charge >= 0.3 is 5.97 Å². The number of unbranched alkanes of at least 4 members (excludes halogenated alkanes) is 28. The molecule has 0 aliphatic heterocycles. The van der Waals surface area contributed by atoms with E-state index in [2.05, 4.69) is 50.4 Å². The molecule has 56 heavy (non-hydrogen) atoms. The van der Waals surface area contributed by atoms with E-state index < -0.39 is 18.2 Å². The SMILES string of the molecule is CCCC/C=C\CCCCCC(CC(=O)NC(CO)C(O)CCCCCCCCCCCCCCCCCC)OC(=O)CCCCCCC/C=C\CCCCC.